The summed E-state index contributed by atoms with van der Waals surface area (Å²) in [5.41, 5.74) is 2.42. The van der Waals surface area contributed by atoms with Gasteiger partial charge in [-0.2, -0.15) is 0 Å². The molecule has 0 radical (unpaired) electrons. The molecule has 0 atom stereocenters. The van der Waals surface area contributed by atoms with Crippen LogP contribution in [0.4, 0.5) is 0 Å². The molecule has 0 aliphatic heterocycles. The predicted octanol–water partition coefficient (Wildman–Crippen LogP) is 2.85. The van der Waals surface area contributed by atoms with Crippen molar-refractivity contribution in [2.24, 2.45) is 5.92 Å². The number of aromatic nitrogens is 3. The van der Waals surface area contributed by atoms with Gasteiger partial charge in [-0.25, -0.2) is 4.98 Å². The van der Waals surface area contributed by atoms with Crippen molar-refractivity contribution in [3.63, 3.8) is 0 Å². The van der Waals surface area contributed by atoms with Crippen molar-refractivity contribution in [2.45, 2.75) is 25.7 Å². The molecule has 3 nitrogen and oxygen atoms in total. The van der Waals surface area contributed by atoms with E-state index in [4.69, 9.17) is 0 Å². The summed E-state index contributed by atoms with van der Waals surface area (Å²) in [5, 5.41) is 0. The Hall–Kier alpha value is -0.650. The van der Waals surface area contributed by atoms with Gasteiger partial charge < -0.3 is 0 Å². The molecule has 2 heterocycles. The summed E-state index contributed by atoms with van der Waals surface area (Å²) in [6, 6.07) is 0. The van der Waals surface area contributed by atoms with Gasteiger partial charge in [0.15, 0.2) is 3.83 Å². The van der Waals surface area contributed by atoms with Gasteiger partial charge in [0.05, 0.1) is 17.4 Å². The predicted molar refractivity (Wildman–Crippen MR) is 66.8 cm³/mol. The maximum Gasteiger partial charge on any atom is 0.176 e. The van der Waals surface area contributed by atoms with Crippen molar-refractivity contribution in [1.82, 2.24) is 14.4 Å². The molecule has 78 valence electrons. The van der Waals surface area contributed by atoms with Crippen molar-refractivity contribution in [1.29, 1.82) is 0 Å². The Bertz CT molecular complexity index is 500. The van der Waals surface area contributed by atoms with Gasteiger partial charge in [0.1, 0.15) is 0 Å². The minimum Gasteiger partial charge on any atom is -0.292 e. The Kier molecular flexibility index (Phi) is 2.19. The first-order valence-electron chi connectivity index (χ1n) is 5.23. The second-order valence-corrected chi connectivity index (χ2v) is 5.34. The van der Waals surface area contributed by atoms with Crippen LogP contribution in [-0.4, -0.2) is 14.4 Å². The van der Waals surface area contributed by atoms with Crippen LogP contribution in [0.5, 0.6) is 0 Å². The summed E-state index contributed by atoms with van der Waals surface area (Å²) in [5.74, 6) is 1.52. The second-order valence-electron chi connectivity index (χ2n) is 4.37. The Morgan fingerprint density at radius 2 is 2.27 bits per heavy atom. The highest BCUT2D eigenvalue weighted by atomic mass is 127. The molecule has 0 unspecified atom stereocenters. The van der Waals surface area contributed by atoms with E-state index in [1.165, 1.54) is 24.1 Å². The number of fused-ring (bicyclic) bond motifs is 1. The lowest BCUT2D eigenvalue weighted by Gasteiger charge is -2.31. The molecule has 0 N–H and O–H groups in total. The van der Waals surface area contributed by atoms with Gasteiger partial charge in [0.2, 0.25) is 0 Å². The van der Waals surface area contributed by atoms with Crippen LogP contribution >= 0.6 is 22.6 Å². The summed E-state index contributed by atoms with van der Waals surface area (Å²) in [7, 11) is 0. The number of rotatable bonds is 1. The van der Waals surface area contributed by atoms with Crippen LogP contribution in [-0.2, 0) is 0 Å². The number of nitrogens with zero attached hydrogens (tertiary/aromatic N) is 3. The van der Waals surface area contributed by atoms with E-state index in [2.05, 4.69) is 43.9 Å². The normalized spacial score (nSPS) is 25.5. The van der Waals surface area contributed by atoms with Gasteiger partial charge in [-0.3, -0.25) is 9.38 Å². The number of hydrogen-bond acceptors (Lipinski definition) is 2. The van der Waals surface area contributed by atoms with Crippen molar-refractivity contribution >= 4 is 28.1 Å². The van der Waals surface area contributed by atoms with Crippen LogP contribution < -0.4 is 0 Å². The lowest BCUT2D eigenvalue weighted by atomic mass is 9.74. The monoisotopic (exact) mass is 313 g/mol. The van der Waals surface area contributed by atoms with Gasteiger partial charge in [-0.15, -0.1) is 0 Å². The maximum absolute atomic E-state index is 4.66. The highest BCUT2D eigenvalue weighted by Gasteiger charge is 2.30. The molecule has 1 fully saturated rings. The van der Waals surface area contributed by atoms with E-state index in [1.54, 1.807) is 0 Å². The molecule has 0 aromatic carbocycles. The summed E-state index contributed by atoms with van der Waals surface area (Å²) in [6.45, 7) is 2.30. The first kappa shape index (κ1) is 9.57. The second kappa shape index (κ2) is 3.43. The molecular weight excluding hydrogens is 301 g/mol. The zero-order valence-electron chi connectivity index (χ0n) is 8.52. The molecule has 0 saturated heterocycles. The molecule has 15 heavy (non-hydrogen) atoms. The van der Waals surface area contributed by atoms with Gasteiger partial charge in [0, 0.05) is 40.9 Å². The maximum atomic E-state index is 4.66. The Morgan fingerprint density at radius 1 is 1.47 bits per heavy atom. The van der Waals surface area contributed by atoms with Gasteiger partial charge in [-0.1, -0.05) is 6.92 Å². The fourth-order valence-electron chi connectivity index (χ4n) is 2.35. The third-order valence-corrected chi connectivity index (χ3v) is 3.95. The zero-order chi connectivity index (χ0) is 10.4. The first-order valence-corrected chi connectivity index (χ1v) is 6.31. The molecule has 1 aliphatic carbocycles. The van der Waals surface area contributed by atoms with E-state index in [0.717, 1.165) is 9.75 Å². The molecule has 3 rings (SSSR count). The first-order chi connectivity index (χ1) is 7.25. The number of halogens is 1. The molecule has 0 spiro atoms. The van der Waals surface area contributed by atoms with Crippen LogP contribution in [0.25, 0.3) is 5.52 Å². The Labute approximate surface area is 102 Å². The number of hydrogen-bond donors (Lipinski definition) is 0. The van der Waals surface area contributed by atoms with Crippen LogP contribution in [0.2, 0.25) is 0 Å². The van der Waals surface area contributed by atoms with Gasteiger partial charge >= 0.3 is 0 Å². The van der Waals surface area contributed by atoms with Crippen LogP contribution in [0.1, 0.15) is 31.4 Å². The fraction of sp³-hybridized carbons (Fsp3) is 0.455. The molecule has 1 aliphatic rings. The van der Waals surface area contributed by atoms with Gasteiger partial charge in [-0.05, 0) is 18.8 Å². The molecule has 0 bridgehead atoms. The quantitative estimate of drug-likeness (QED) is 0.758. The topological polar surface area (TPSA) is 30.2 Å². The smallest absolute Gasteiger partial charge is 0.176 e. The zero-order valence-corrected chi connectivity index (χ0v) is 10.7. The molecule has 2 aromatic rings. The van der Waals surface area contributed by atoms with Crippen LogP contribution in [0.3, 0.4) is 0 Å². The average Bonchev–Trinajstić information content (AvgIpc) is 2.52. The largest absolute Gasteiger partial charge is 0.292 e. The Balaban J connectivity index is 2.11. The van der Waals surface area contributed by atoms with Crippen molar-refractivity contribution < 1.29 is 0 Å². The van der Waals surface area contributed by atoms with Crippen LogP contribution in [0.15, 0.2) is 18.6 Å². The SMILES string of the molecule is CC1CC(c2nc(I)n3ccncc23)C1. The minimum atomic E-state index is 0.655. The summed E-state index contributed by atoms with van der Waals surface area (Å²) in [4.78, 5) is 8.84. The minimum absolute atomic E-state index is 0.655. The summed E-state index contributed by atoms with van der Waals surface area (Å²) < 4.78 is 3.16. The van der Waals surface area contributed by atoms with Gasteiger partial charge in [0.25, 0.3) is 0 Å². The van der Waals surface area contributed by atoms with E-state index in [0.29, 0.717) is 5.92 Å². The summed E-state index contributed by atoms with van der Waals surface area (Å²) in [6.07, 6.45) is 8.27. The molecule has 1 saturated carbocycles. The molecule has 2 aromatic heterocycles. The molecular formula is C11H12IN3. The fourth-order valence-corrected chi connectivity index (χ4v) is 3.03. The van der Waals surface area contributed by atoms with E-state index < -0.39 is 0 Å². The van der Waals surface area contributed by atoms with E-state index in [-0.39, 0.29) is 0 Å². The number of imidazole rings is 1. The standard InChI is InChI=1S/C11H12IN3/c1-7-4-8(5-7)10-9-6-13-2-3-15(9)11(12)14-10/h2-3,6-8H,4-5H2,1H3. The van der Waals surface area contributed by atoms with E-state index >= 15 is 0 Å². The van der Waals surface area contributed by atoms with Crippen molar-refractivity contribution in [2.75, 3.05) is 0 Å². The van der Waals surface area contributed by atoms with E-state index in [9.17, 15) is 0 Å². The lowest BCUT2D eigenvalue weighted by molar-refractivity contribution is 0.285. The lowest BCUT2D eigenvalue weighted by Crippen LogP contribution is -2.19. The highest BCUT2D eigenvalue weighted by molar-refractivity contribution is 14.1. The third kappa shape index (κ3) is 1.46. The summed E-state index contributed by atoms with van der Waals surface area (Å²) >= 11 is 2.28. The highest BCUT2D eigenvalue weighted by Crippen LogP contribution is 2.42. The van der Waals surface area contributed by atoms with Crippen LogP contribution in [0, 0.1) is 9.75 Å². The molecule has 4 heteroatoms. The van der Waals surface area contributed by atoms with E-state index in [1.807, 2.05) is 18.6 Å². The third-order valence-electron chi connectivity index (χ3n) is 3.19. The average molecular weight is 313 g/mol. The van der Waals surface area contributed by atoms with Crippen molar-refractivity contribution in [3.05, 3.63) is 28.1 Å². The Morgan fingerprint density at radius 3 is 3.00 bits per heavy atom. The molecule has 0 amide bonds. The van der Waals surface area contributed by atoms with Crippen molar-refractivity contribution in [3.8, 4) is 0 Å².